The van der Waals surface area contributed by atoms with E-state index in [4.69, 9.17) is 21.1 Å². The van der Waals surface area contributed by atoms with Gasteiger partial charge in [-0.1, -0.05) is 11.6 Å². The molecule has 0 saturated heterocycles. The van der Waals surface area contributed by atoms with Crippen LogP contribution in [0.25, 0.3) is 0 Å². The normalized spacial score (nSPS) is 11.3. The minimum Gasteiger partial charge on any atom is -0.495 e. The quantitative estimate of drug-likeness (QED) is 0.752. The summed E-state index contributed by atoms with van der Waals surface area (Å²) in [6.07, 6.45) is 0. The van der Waals surface area contributed by atoms with Gasteiger partial charge in [0.1, 0.15) is 16.2 Å². The van der Waals surface area contributed by atoms with Gasteiger partial charge in [-0.25, -0.2) is 13.2 Å². The molecule has 1 aromatic carbocycles. The number of carbonyl (C=O) groups is 1. The molecule has 0 aliphatic carbocycles. The Balaban J connectivity index is 2.62. The standard InChI is InChI=1S/C17H21ClN2O5S/c1-6-25-17(21)15-10(2)20(4)11(3)16(15)26(22,23)19-13-9-12(18)7-8-14(13)24-5/h7-9,19H,6H2,1-5H3. The number of hydrogen-bond donors (Lipinski definition) is 1. The second-order valence-corrected chi connectivity index (χ2v) is 7.66. The molecular formula is C17H21ClN2O5S. The molecule has 0 radical (unpaired) electrons. The van der Waals surface area contributed by atoms with Gasteiger partial charge in [-0.2, -0.15) is 0 Å². The Labute approximate surface area is 157 Å². The van der Waals surface area contributed by atoms with E-state index in [1.807, 2.05) is 0 Å². The summed E-state index contributed by atoms with van der Waals surface area (Å²) in [5.41, 5.74) is 1.11. The van der Waals surface area contributed by atoms with Gasteiger partial charge in [0.15, 0.2) is 0 Å². The summed E-state index contributed by atoms with van der Waals surface area (Å²) < 4.78 is 40.4. The van der Waals surface area contributed by atoms with Crippen LogP contribution in [0, 0.1) is 13.8 Å². The third kappa shape index (κ3) is 3.66. The molecule has 7 nitrogen and oxygen atoms in total. The molecule has 9 heteroatoms. The molecule has 0 bridgehead atoms. The number of esters is 1. The fourth-order valence-electron chi connectivity index (χ4n) is 2.65. The smallest absolute Gasteiger partial charge is 0.341 e. The summed E-state index contributed by atoms with van der Waals surface area (Å²) in [6.45, 7) is 5.09. The number of anilines is 1. The van der Waals surface area contributed by atoms with E-state index in [0.29, 0.717) is 22.2 Å². The maximum atomic E-state index is 13.1. The van der Waals surface area contributed by atoms with Crippen molar-refractivity contribution < 1.29 is 22.7 Å². The van der Waals surface area contributed by atoms with Gasteiger partial charge in [-0.3, -0.25) is 4.72 Å². The van der Waals surface area contributed by atoms with Crippen LogP contribution in [0.3, 0.4) is 0 Å². The first kappa shape index (κ1) is 20.1. The van der Waals surface area contributed by atoms with Crippen LogP contribution in [0.1, 0.15) is 28.7 Å². The van der Waals surface area contributed by atoms with E-state index in [-0.39, 0.29) is 22.8 Å². The molecule has 0 amide bonds. The summed E-state index contributed by atoms with van der Waals surface area (Å²) in [7, 11) is -0.993. The van der Waals surface area contributed by atoms with Crippen LogP contribution in [0.2, 0.25) is 5.02 Å². The number of methoxy groups -OCH3 is 1. The largest absolute Gasteiger partial charge is 0.495 e. The molecule has 2 rings (SSSR count). The molecule has 1 heterocycles. The van der Waals surface area contributed by atoms with Crippen molar-refractivity contribution in [3.63, 3.8) is 0 Å². The molecule has 0 spiro atoms. The highest BCUT2D eigenvalue weighted by atomic mass is 35.5. The van der Waals surface area contributed by atoms with E-state index in [2.05, 4.69) is 4.72 Å². The lowest BCUT2D eigenvalue weighted by Gasteiger charge is -2.13. The number of benzene rings is 1. The molecule has 0 atom stereocenters. The van der Waals surface area contributed by atoms with Crippen molar-refractivity contribution in [3.8, 4) is 5.75 Å². The molecule has 26 heavy (non-hydrogen) atoms. The van der Waals surface area contributed by atoms with Crippen LogP contribution < -0.4 is 9.46 Å². The van der Waals surface area contributed by atoms with Crippen molar-refractivity contribution >= 4 is 33.3 Å². The number of nitrogens with one attached hydrogen (secondary N) is 1. The Morgan fingerprint density at radius 2 is 1.92 bits per heavy atom. The number of nitrogens with zero attached hydrogens (tertiary/aromatic N) is 1. The fourth-order valence-corrected chi connectivity index (χ4v) is 4.39. The Morgan fingerprint density at radius 3 is 2.50 bits per heavy atom. The van der Waals surface area contributed by atoms with E-state index in [9.17, 15) is 13.2 Å². The third-order valence-electron chi connectivity index (χ3n) is 4.08. The number of carbonyl (C=O) groups excluding carboxylic acids is 1. The lowest BCUT2D eigenvalue weighted by atomic mass is 10.2. The van der Waals surface area contributed by atoms with E-state index in [1.165, 1.54) is 13.2 Å². The minimum atomic E-state index is -4.10. The summed E-state index contributed by atoms with van der Waals surface area (Å²) >= 11 is 5.96. The second-order valence-electron chi connectivity index (χ2n) is 5.60. The fraction of sp³-hybridized carbons (Fsp3) is 0.353. The zero-order valence-electron chi connectivity index (χ0n) is 15.2. The van der Waals surface area contributed by atoms with E-state index in [0.717, 1.165) is 0 Å². The zero-order valence-corrected chi connectivity index (χ0v) is 16.8. The van der Waals surface area contributed by atoms with Gasteiger partial charge < -0.3 is 14.0 Å². The van der Waals surface area contributed by atoms with Gasteiger partial charge >= 0.3 is 5.97 Å². The van der Waals surface area contributed by atoms with Crippen molar-refractivity contribution in [1.29, 1.82) is 0 Å². The number of ether oxygens (including phenoxy) is 2. The van der Waals surface area contributed by atoms with Crippen LogP contribution >= 0.6 is 11.6 Å². The lowest BCUT2D eigenvalue weighted by Crippen LogP contribution is -2.18. The van der Waals surface area contributed by atoms with Crippen LogP contribution in [-0.4, -0.2) is 32.7 Å². The van der Waals surface area contributed by atoms with E-state index >= 15 is 0 Å². The van der Waals surface area contributed by atoms with Crippen LogP contribution in [0.5, 0.6) is 5.75 Å². The summed E-state index contributed by atoms with van der Waals surface area (Å²) in [4.78, 5) is 12.2. The van der Waals surface area contributed by atoms with Crippen molar-refractivity contribution in [1.82, 2.24) is 4.57 Å². The number of hydrogen-bond acceptors (Lipinski definition) is 5. The first-order chi connectivity index (χ1) is 12.1. The van der Waals surface area contributed by atoms with Crippen LogP contribution in [-0.2, 0) is 21.8 Å². The van der Waals surface area contributed by atoms with Crippen molar-refractivity contribution in [2.75, 3.05) is 18.4 Å². The molecule has 142 valence electrons. The van der Waals surface area contributed by atoms with Gasteiger partial charge in [0.2, 0.25) is 0 Å². The molecule has 0 unspecified atom stereocenters. The molecule has 2 aromatic rings. The highest BCUT2D eigenvalue weighted by Crippen LogP contribution is 2.33. The minimum absolute atomic E-state index is 0.0142. The third-order valence-corrected chi connectivity index (χ3v) is 5.84. The second kappa shape index (κ2) is 7.59. The molecule has 0 aliphatic rings. The van der Waals surface area contributed by atoms with Crippen molar-refractivity contribution in [2.24, 2.45) is 7.05 Å². The predicted molar refractivity (Wildman–Crippen MR) is 99.7 cm³/mol. The van der Waals surface area contributed by atoms with Gasteiger partial charge in [-0.15, -0.1) is 0 Å². The zero-order chi connectivity index (χ0) is 19.6. The van der Waals surface area contributed by atoms with Crippen LogP contribution in [0.15, 0.2) is 23.1 Å². The van der Waals surface area contributed by atoms with Crippen molar-refractivity contribution in [2.45, 2.75) is 25.7 Å². The summed E-state index contributed by atoms with van der Waals surface area (Å²) in [6, 6.07) is 4.57. The Morgan fingerprint density at radius 1 is 1.27 bits per heavy atom. The number of aromatic nitrogens is 1. The number of rotatable bonds is 6. The first-order valence-corrected chi connectivity index (χ1v) is 9.69. The lowest BCUT2D eigenvalue weighted by molar-refractivity contribution is 0.0521. The molecule has 0 aliphatic heterocycles. The first-order valence-electron chi connectivity index (χ1n) is 7.83. The van der Waals surface area contributed by atoms with Gasteiger partial charge in [0, 0.05) is 23.5 Å². The highest BCUT2D eigenvalue weighted by molar-refractivity contribution is 7.92. The SMILES string of the molecule is CCOC(=O)c1c(S(=O)(=O)Nc2cc(Cl)ccc2OC)c(C)n(C)c1C. The Hall–Kier alpha value is -2.19. The maximum absolute atomic E-state index is 13.1. The average molecular weight is 401 g/mol. The summed E-state index contributed by atoms with van der Waals surface area (Å²) in [5.74, 6) is -0.381. The number of sulfonamides is 1. The monoisotopic (exact) mass is 400 g/mol. The van der Waals surface area contributed by atoms with Gasteiger partial charge in [0.05, 0.1) is 19.4 Å². The highest BCUT2D eigenvalue weighted by Gasteiger charge is 2.32. The van der Waals surface area contributed by atoms with Gasteiger partial charge in [0.25, 0.3) is 10.0 Å². The number of halogens is 1. The Kier molecular flexibility index (Phi) is 5.87. The van der Waals surface area contributed by atoms with Gasteiger partial charge in [-0.05, 0) is 39.0 Å². The maximum Gasteiger partial charge on any atom is 0.341 e. The molecule has 0 saturated carbocycles. The average Bonchev–Trinajstić information content (AvgIpc) is 2.80. The molecule has 1 N–H and O–H groups in total. The topological polar surface area (TPSA) is 86.6 Å². The molecule has 0 fully saturated rings. The van der Waals surface area contributed by atoms with Crippen LogP contribution in [0.4, 0.5) is 5.69 Å². The van der Waals surface area contributed by atoms with E-state index < -0.39 is 16.0 Å². The molecular weight excluding hydrogens is 380 g/mol. The summed E-state index contributed by atoms with van der Waals surface area (Å²) in [5, 5.41) is 0.343. The van der Waals surface area contributed by atoms with Crippen molar-refractivity contribution in [3.05, 3.63) is 40.2 Å². The molecule has 1 aromatic heterocycles. The Bertz CT molecular complexity index is 951. The van der Waals surface area contributed by atoms with E-state index in [1.54, 1.807) is 44.5 Å². The predicted octanol–water partition coefficient (Wildman–Crippen LogP) is 3.28.